The van der Waals surface area contributed by atoms with Gasteiger partial charge in [0.2, 0.25) is 15.0 Å². The largest absolute Gasteiger partial charge is 0.366 e. The lowest BCUT2D eigenvalue weighted by Gasteiger charge is -2.13. The molecule has 2 aromatic heterocycles. The van der Waals surface area contributed by atoms with E-state index in [1.165, 1.54) is 17.0 Å². The molecule has 9 nitrogen and oxygen atoms in total. The highest BCUT2D eigenvalue weighted by atomic mass is 32.2. The Bertz CT molecular complexity index is 1470. The fraction of sp³-hybridized carbons (Fsp3) is 0.0435. The first-order valence-corrected chi connectivity index (χ1v) is 11.7. The molecule has 4 aromatic rings. The molecule has 166 valence electrons. The number of imidazole rings is 1. The van der Waals surface area contributed by atoms with E-state index in [1.807, 2.05) is 24.3 Å². The third kappa shape index (κ3) is 4.37. The Balaban J connectivity index is 1.81. The first-order valence-electron chi connectivity index (χ1n) is 9.76. The molecule has 0 saturated carbocycles. The Morgan fingerprint density at radius 2 is 1.79 bits per heavy atom. The molecule has 2 aromatic carbocycles. The van der Waals surface area contributed by atoms with Gasteiger partial charge < -0.3 is 11.6 Å². The summed E-state index contributed by atoms with van der Waals surface area (Å²) in [5.41, 5.74) is 9.84. The van der Waals surface area contributed by atoms with Gasteiger partial charge in [-0.1, -0.05) is 30.3 Å². The number of hydrogen-bond donors (Lipinski definition) is 2. The lowest BCUT2D eigenvalue weighted by Crippen LogP contribution is -2.15. The molecule has 0 fully saturated rings. The number of hydrogen-bond acceptors (Lipinski definition) is 7. The van der Waals surface area contributed by atoms with Crippen LogP contribution in [-0.2, 0) is 9.84 Å². The van der Waals surface area contributed by atoms with Crippen LogP contribution in [0.25, 0.3) is 28.1 Å². The van der Waals surface area contributed by atoms with Gasteiger partial charge >= 0.3 is 0 Å². The number of sulfone groups is 1. The molecular weight excluding hydrogens is 440 g/mol. The first kappa shape index (κ1) is 21.9. The number of amides is 1. The molecular formula is C23H20N6O3S. The van der Waals surface area contributed by atoms with Crippen LogP contribution in [0.5, 0.6) is 0 Å². The van der Waals surface area contributed by atoms with Gasteiger partial charge in [0.25, 0.3) is 5.91 Å². The number of aromatic nitrogens is 3. The lowest BCUT2D eigenvalue weighted by molar-refractivity contribution is 0.100. The summed E-state index contributed by atoms with van der Waals surface area (Å²) in [6, 6.07) is 16.0. The molecule has 10 heteroatoms. The number of pyridine rings is 1. The van der Waals surface area contributed by atoms with Crippen molar-refractivity contribution >= 4 is 22.0 Å². The molecule has 1 amide bonds. The molecule has 2 heterocycles. The zero-order valence-electron chi connectivity index (χ0n) is 17.6. The highest BCUT2D eigenvalue weighted by Crippen LogP contribution is 2.31. The SMILES string of the molecule is CS(=O)(=O)c1nccn1-c1ccc(-c2ccnc(-c3cccc(C=NN)c3)c2C(N)=O)cc1. The van der Waals surface area contributed by atoms with Gasteiger partial charge in [-0.15, -0.1) is 0 Å². The minimum absolute atomic E-state index is 0.0554. The van der Waals surface area contributed by atoms with Gasteiger partial charge in [0.1, 0.15) is 0 Å². The van der Waals surface area contributed by atoms with Crippen LogP contribution in [-0.4, -0.2) is 41.3 Å². The molecule has 4 rings (SSSR count). The summed E-state index contributed by atoms with van der Waals surface area (Å²) in [6.45, 7) is 0. The predicted molar refractivity (Wildman–Crippen MR) is 126 cm³/mol. The second kappa shape index (κ2) is 8.67. The Morgan fingerprint density at radius 1 is 1.03 bits per heavy atom. The van der Waals surface area contributed by atoms with Crippen molar-refractivity contribution in [3.63, 3.8) is 0 Å². The number of carbonyl (C=O) groups is 1. The standard InChI is InChI=1S/C23H20N6O3S/c1-33(31,32)23-27-11-12-29(23)18-7-5-16(6-8-18)19-9-10-26-21(20(19)22(24)30)17-4-2-3-15(13-17)14-28-25/h2-14H,25H2,1H3,(H2,24,30). The maximum atomic E-state index is 12.5. The first-order chi connectivity index (χ1) is 15.8. The predicted octanol–water partition coefficient (Wildman–Crippen LogP) is 2.40. The van der Waals surface area contributed by atoms with Crippen molar-refractivity contribution in [3.05, 3.63) is 84.3 Å². The van der Waals surface area contributed by atoms with Crippen molar-refractivity contribution in [2.75, 3.05) is 6.26 Å². The van der Waals surface area contributed by atoms with Gasteiger partial charge in [0, 0.05) is 36.1 Å². The second-order valence-electron chi connectivity index (χ2n) is 7.25. The van der Waals surface area contributed by atoms with Gasteiger partial charge in [-0.25, -0.2) is 13.4 Å². The fourth-order valence-electron chi connectivity index (χ4n) is 3.59. The van der Waals surface area contributed by atoms with Gasteiger partial charge in [0.05, 0.1) is 17.5 Å². The number of nitrogens with two attached hydrogens (primary N) is 2. The number of benzene rings is 2. The summed E-state index contributed by atoms with van der Waals surface area (Å²) in [7, 11) is -3.50. The molecule has 0 bridgehead atoms. The van der Waals surface area contributed by atoms with Crippen LogP contribution in [0.1, 0.15) is 15.9 Å². The van der Waals surface area contributed by atoms with Crippen LogP contribution >= 0.6 is 0 Å². The number of nitrogens with zero attached hydrogens (tertiary/aromatic N) is 4. The number of rotatable bonds is 6. The average Bonchev–Trinajstić information content (AvgIpc) is 3.30. The van der Waals surface area contributed by atoms with E-state index in [9.17, 15) is 13.2 Å². The van der Waals surface area contributed by atoms with Gasteiger partial charge in [-0.05, 0) is 41.0 Å². The fourth-order valence-corrected chi connectivity index (χ4v) is 4.36. The van der Waals surface area contributed by atoms with E-state index in [4.69, 9.17) is 11.6 Å². The van der Waals surface area contributed by atoms with Crippen LogP contribution in [0.4, 0.5) is 0 Å². The van der Waals surface area contributed by atoms with E-state index in [0.29, 0.717) is 22.5 Å². The van der Waals surface area contributed by atoms with Crippen LogP contribution < -0.4 is 11.6 Å². The average molecular weight is 461 g/mol. The molecule has 0 aliphatic rings. The topological polar surface area (TPSA) is 146 Å². The van der Waals surface area contributed by atoms with Crippen molar-refractivity contribution in [1.29, 1.82) is 0 Å². The van der Waals surface area contributed by atoms with Crippen molar-refractivity contribution in [1.82, 2.24) is 14.5 Å². The summed E-state index contributed by atoms with van der Waals surface area (Å²) >= 11 is 0. The maximum Gasteiger partial charge on any atom is 0.251 e. The highest BCUT2D eigenvalue weighted by Gasteiger charge is 2.19. The van der Waals surface area contributed by atoms with E-state index < -0.39 is 15.7 Å². The number of carbonyl (C=O) groups excluding carboxylic acids is 1. The van der Waals surface area contributed by atoms with E-state index in [0.717, 1.165) is 17.4 Å². The minimum Gasteiger partial charge on any atom is -0.366 e. The van der Waals surface area contributed by atoms with Crippen LogP contribution in [0.3, 0.4) is 0 Å². The Labute approximate surface area is 190 Å². The van der Waals surface area contributed by atoms with Gasteiger partial charge in [0.15, 0.2) is 0 Å². The third-order valence-electron chi connectivity index (χ3n) is 4.98. The van der Waals surface area contributed by atoms with Crippen LogP contribution in [0, 0.1) is 0 Å². The van der Waals surface area contributed by atoms with Crippen molar-refractivity contribution in [2.24, 2.45) is 16.7 Å². The molecule has 0 aliphatic heterocycles. The lowest BCUT2D eigenvalue weighted by atomic mass is 9.95. The third-order valence-corrected chi connectivity index (χ3v) is 5.94. The summed E-state index contributed by atoms with van der Waals surface area (Å²) in [5.74, 6) is 4.63. The van der Waals surface area contributed by atoms with Crippen molar-refractivity contribution in [2.45, 2.75) is 5.16 Å². The molecule has 0 unspecified atom stereocenters. The van der Waals surface area contributed by atoms with Crippen LogP contribution in [0.2, 0.25) is 0 Å². The monoisotopic (exact) mass is 460 g/mol. The maximum absolute atomic E-state index is 12.5. The van der Waals surface area contributed by atoms with Crippen LogP contribution in [0.15, 0.2) is 83.4 Å². The molecule has 33 heavy (non-hydrogen) atoms. The zero-order chi connectivity index (χ0) is 23.6. The second-order valence-corrected chi connectivity index (χ2v) is 9.16. The van der Waals surface area contributed by atoms with Crippen molar-refractivity contribution in [3.8, 4) is 28.1 Å². The number of hydrazone groups is 1. The van der Waals surface area contributed by atoms with E-state index in [1.54, 1.807) is 42.7 Å². The summed E-state index contributed by atoms with van der Waals surface area (Å²) in [5, 5.41) is 3.48. The highest BCUT2D eigenvalue weighted by molar-refractivity contribution is 7.90. The number of primary amides is 1. The molecule has 0 spiro atoms. The minimum atomic E-state index is -3.50. The van der Waals surface area contributed by atoms with E-state index >= 15 is 0 Å². The smallest absolute Gasteiger partial charge is 0.251 e. The van der Waals surface area contributed by atoms with E-state index in [-0.39, 0.29) is 10.7 Å². The molecule has 0 saturated heterocycles. The molecule has 0 aliphatic carbocycles. The summed E-state index contributed by atoms with van der Waals surface area (Å²) < 4.78 is 25.4. The van der Waals surface area contributed by atoms with E-state index in [2.05, 4.69) is 15.1 Å². The normalized spacial score (nSPS) is 11.7. The summed E-state index contributed by atoms with van der Waals surface area (Å²) in [6.07, 6.45) is 7.20. The Hall–Kier alpha value is -4.31. The Morgan fingerprint density at radius 3 is 2.45 bits per heavy atom. The van der Waals surface area contributed by atoms with Gasteiger partial charge in [-0.2, -0.15) is 5.10 Å². The van der Waals surface area contributed by atoms with Gasteiger partial charge in [-0.3, -0.25) is 14.3 Å². The quantitative estimate of drug-likeness (QED) is 0.257. The molecule has 0 atom stereocenters. The zero-order valence-corrected chi connectivity index (χ0v) is 18.4. The summed E-state index contributed by atoms with van der Waals surface area (Å²) in [4.78, 5) is 20.8. The van der Waals surface area contributed by atoms with Crippen molar-refractivity contribution < 1.29 is 13.2 Å². The Kier molecular flexibility index (Phi) is 5.76. The molecule has 0 radical (unpaired) electrons. The molecule has 4 N–H and O–H groups in total.